The minimum atomic E-state index is -0.437. The Labute approximate surface area is 176 Å². The highest BCUT2D eigenvalue weighted by Crippen LogP contribution is 2.27. The van der Waals surface area contributed by atoms with E-state index < -0.39 is 6.03 Å². The number of piperazine rings is 1. The number of anilines is 1. The van der Waals surface area contributed by atoms with Crippen molar-refractivity contribution < 1.29 is 14.0 Å². The summed E-state index contributed by atoms with van der Waals surface area (Å²) in [6.07, 6.45) is 1.75. The molecule has 0 aliphatic carbocycles. The summed E-state index contributed by atoms with van der Waals surface area (Å²) < 4.78 is 12.9. The molecule has 1 aliphatic rings. The average molecular weight is 428 g/mol. The first kappa shape index (κ1) is 20.0. The van der Waals surface area contributed by atoms with Crippen LogP contribution in [-0.4, -0.2) is 59.5 Å². The molecule has 4 rings (SSSR count). The Kier molecular flexibility index (Phi) is 6.03. The summed E-state index contributed by atoms with van der Waals surface area (Å²) in [4.78, 5) is 38.0. The van der Waals surface area contributed by atoms with Crippen molar-refractivity contribution in [1.82, 2.24) is 25.5 Å². The number of nitrogens with zero attached hydrogens (tertiary/aromatic N) is 4. The molecule has 2 N–H and O–H groups in total. The van der Waals surface area contributed by atoms with Crippen LogP contribution in [0.5, 0.6) is 0 Å². The largest absolute Gasteiger partial charge is 0.344 e. The number of benzene rings is 1. The van der Waals surface area contributed by atoms with Crippen molar-refractivity contribution >= 4 is 38.8 Å². The van der Waals surface area contributed by atoms with Crippen molar-refractivity contribution in [2.75, 3.05) is 37.6 Å². The molecule has 1 fully saturated rings. The average Bonchev–Trinajstić information content (AvgIpc) is 3.21. The Hall–Kier alpha value is -3.27. The molecule has 8 nitrogen and oxygen atoms in total. The van der Waals surface area contributed by atoms with Crippen LogP contribution in [0, 0.1) is 5.82 Å². The number of hydrogen-bond donors (Lipinski definition) is 2. The number of nitrogens with one attached hydrogen (secondary N) is 2. The quantitative estimate of drug-likeness (QED) is 0.649. The van der Waals surface area contributed by atoms with Gasteiger partial charge in [0.1, 0.15) is 16.2 Å². The summed E-state index contributed by atoms with van der Waals surface area (Å²) in [7, 11) is 0. The highest BCUT2D eigenvalue weighted by atomic mass is 32.1. The summed E-state index contributed by atoms with van der Waals surface area (Å²) >= 11 is 1.55. The Bertz CT molecular complexity index is 1000. The number of thiazole rings is 1. The van der Waals surface area contributed by atoms with E-state index in [1.54, 1.807) is 34.6 Å². The van der Waals surface area contributed by atoms with Crippen molar-refractivity contribution in [3.63, 3.8) is 0 Å². The summed E-state index contributed by atoms with van der Waals surface area (Å²) in [5.74, 6) is -0.453. The van der Waals surface area contributed by atoms with E-state index in [0.717, 1.165) is 21.0 Å². The topological polar surface area (TPSA) is 90.5 Å². The SMILES string of the molecule is O=C(NCC(=O)N1CCN(c2nc3cccnc3s2)CC1)NCc1ccc(F)cc1. The van der Waals surface area contributed by atoms with Gasteiger partial charge >= 0.3 is 6.03 Å². The lowest BCUT2D eigenvalue weighted by molar-refractivity contribution is -0.130. The number of urea groups is 1. The smallest absolute Gasteiger partial charge is 0.315 e. The van der Waals surface area contributed by atoms with Gasteiger partial charge in [0.2, 0.25) is 5.91 Å². The number of carbonyl (C=O) groups is 2. The molecule has 1 aliphatic heterocycles. The molecule has 30 heavy (non-hydrogen) atoms. The molecule has 0 unspecified atom stereocenters. The monoisotopic (exact) mass is 428 g/mol. The maximum Gasteiger partial charge on any atom is 0.315 e. The number of halogens is 1. The number of pyridine rings is 1. The molecule has 3 aromatic rings. The highest BCUT2D eigenvalue weighted by molar-refractivity contribution is 7.21. The van der Waals surface area contributed by atoms with Gasteiger partial charge in [-0.25, -0.2) is 19.2 Å². The minimum absolute atomic E-state index is 0.0691. The zero-order valence-electron chi connectivity index (χ0n) is 16.2. The van der Waals surface area contributed by atoms with Crippen molar-refractivity contribution in [3.05, 3.63) is 54.0 Å². The molecule has 2 aromatic heterocycles. The second-order valence-electron chi connectivity index (χ2n) is 6.85. The van der Waals surface area contributed by atoms with Gasteiger partial charge in [-0.05, 0) is 29.8 Å². The Balaban J connectivity index is 1.20. The van der Waals surface area contributed by atoms with E-state index >= 15 is 0 Å². The molecule has 10 heteroatoms. The predicted octanol–water partition coefficient (Wildman–Crippen LogP) is 1.98. The number of hydrogen-bond acceptors (Lipinski definition) is 6. The molecule has 0 spiro atoms. The lowest BCUT2D eigenvalue weighted by Gasteiger charge is -2.34. The molecular formula is C20H21FN6O2S. The molecule has 0 radical (unpaired) electrons. The third kappa shape index (κ3) is 4.82. The molecule has 3 heterocycles. The molecule has 156 valence electrons. The van der Waals surface area contributed by atoms with E-state index in [2.05, 4.69) is 25.5 Å². The van der Waals surface area contributed by atoms with E-state index in [4.69, 9.17) is 0 Å². The second kappa shape index (κ2) is 9.04. The van der Waals surface area contributed by atoms with Crippen LogP contribution < -0.4 is 15.5 Å². The van der Waals surface area contributed by atoms with Crippen LogP contribution in [0.25, 0.3) is 10.3 Å². The van der Waals surface area contributed by atoms with Gasteiger partial charge in [0.25, 0.3) is 0 Å². The van der Waals surface area contributed by atoms with Crippen molar-refractivity contribution in [1.29, 1.82) is 0 Å². The Morgan fingerprint density at radius 1 is 1.07 bits per heavy atom. The van der Waals surface area contributed by atoms with E-state index in [-0.39, 0.29) is 24.8 Å². The summed E-state index contributed by atoms with van der Waals surface area (Å²) in [5.41, 5.74) is 1.66. The third-order valence-corrected chi connectivity index (χ3v) is 5.86. The fourth-order valence-electron chi connectivity index (χ4n) is 3.16. The number of aromatic nitrogens is 2. The van der Waals surface area contributed by atoms with Crippen molar-refractivity contribution in [2.45, 2.75) is 6.54 Å². The van der Waals surface area contributed by atoms with Gasteiger partial charge in [0.15, 0.2) is 5.13 Å². The number of carbonyl (C=O) groups excluding carboxylic acids is 2. The van der Waals surface area contributed by atoms with Gasteiger partial charge in [-0.1, -0.05) is 23.5 Å². The highest BCUT2D eigenvalue weighted by Gasteiger charge is 2.23. The van der Waals surface area contributed by atoms with Gasteiger partial charge in [0.05, 0.1) is 6.54 Å². The number of fused-ring (bicyclic) bond motifs is 1. The van der Waals surface area contributed by atoms with Crippen LogP contribution in [0.2, 0.25) is 0 Å². The summed E-state index contributed by atoms with van der Waals surface area (Å²) in [5, 5.41) is 6.14. The number of amides is 3. The molecule has 0 saturated carbocycles. The fraction of sp³-hybridized carbons (Fsp3) is 0.300. The molecule has 0 bridgehead atoms. The summed E-state index contributed by atoms with van der Waals surface area (Å²) in [6, 6.07) is 9.24. The third-order valence-electron chi connectivity index (χ3n) is 4.82. The Morgan fingerprint density at radius 3 is 2.57 bits per heavy atom. The molecule has 0 atom stereocenters. The lowest BCUT2D eigenvalue weighted by atomic mass is 10.2. The van der Waals surface area contributed by atoms with Gasteiger partial charge in [0, 0.05) is 38.9 Å². The number of rotatable bonds is 5. The molecule has 1 saturated heterocycles. The van der Waals surface area contributed by atoms with Crippen molar-refractivity contribution in [3.8, 4) is 0 Å². The molecule has 3 amide bonds. The lowest BCUT2D eigenvalue weighted by Crippen LogP contribution is -2.52. The van der Waals surface area contributed by atoms with Crippen LogP contribution >= 0.6 is 11.3 Å². The van der Waals surface area contributed by atoms with Crippen LogP contribution in [0.1, 0.15) is 5.56 Å². The van der Waals surface area contributed by atoms with Gasteiger partial charge < -0.3 is 20.4 Å². The molecular weight excluding hydrogens is 407 g/mol. The fourth-order valence-corrected chi connectivity index (χ4v) is 4.12. The van der Waals surface area contributed by atoms with Crippen LogP contribution in [0.15, 0.2) is 42.6 Å². The molecule has 1 aromatic carbocycles. The van der Waals surface area contributed by atoms with Crippen LogP contribution in [0.3, 0.4) is 0 Å². The zero-order chi connectivity index (χ0) is 20.9. The van der Waals surface area contributed by atoms with Crippen LogP contribution in [0.4, 0.5) is 14.3 Å². The van der Waals surface area contributed by atoms with Crippen LogP contribution in [-0.2, 0) is 11.3 Å². The van der Waals surface area contributed by atoms with Gasteiger partial charge in [-0.15, -0.1) is 0 Å². The van der Waals surface area contributed by atoms with E-state index in [0.29, 0.717) is 26.2 Å². The van der Waals surface area contributed by atoms with E-state index in [9.17, 15) is 14.0 Å². The first-order valence-corrected chi connectivity index (χ1v) is 10.4. The standard InChI is InChI=1S/C20H21FN6O2S/c21-15-5-3-14(4-6-15)12-23-19(29)24-13-17(28)26-8-10-27(11-9-26)20-25-16-2-1-7-22-18(16)30-20/h1-7H,8-13H2,(H2,23,24,29). The minimum Gasteiger partial charge on any atom is -0.344 e. The summed E-state index contributed by atoms with van der Waals surface area (Å²) in [6.45, 7) is 2.70. The van der Waals surface area contributed by atoms with Gasteiger partial charge in [-0.3, -0.25) is 4.79 Å². The van der Waals surface area contributed by atoms with Gasteiger partial charge in [-0.2, -0.15) is 0 Å². The Morgan fingerprint density at radius 2 is 1.83 bits per heavy atom. The zero-order valence-corrected chi connectivity index (χ0v) is 17.0. The first-order chi connectivity index (χ1) is 14.6. The normalized spacial score (nSPS) is 14.0. The van der Waals surface area contributed by atoms with E-state index in [1.165, 1.54) is 12.1 Å². The van der Waals surface area contributed by atoms with Crippen molar-refractivity contribution in [2.24, 2.45) is 0 Å². The first-order valence-electron chi connectivity index (χ1n) is 9.59. The predicted molar refractivity (Wildman–Crippen MR) is 113 cm³/mol. The second-order valence-corrected chi connectivity index (χ2v) is 7.81. The maximum absolute atomic E-state index is 12.9. The van der Waals surface area contributed by atoms with E-state index in [1.807, 2.05) is 12.1 Å². The maximum atomic E-state index is 12.9.